The van der Waals surface area contributed by atoms with Crippen molar-refractivity contribution in [3.05, 3.63) is 77.1 Å². The van der Waals surface area contributed by atoms with E-state index in [9.17, 15) is 4.79 Å². The van der Waals surface area contributed by atoms with Crippen LogP contribution in [0.5, 0.6) is 0 Å². The van der Waals surface area contributed by atoms with Crippen LogP contribution in [0.3, 0.4) is 0 Å². The highest BCUT2D eigenvalue weighted by Gasteiger charge is 2.37. The normalized spacial score (nSPS) is 19.1. The van der Waals surface area contributed by atoms with Crippen molar-refractivity contribution in [1.82, 2.24) is 30.4 Å². The molecule has 1 aliphatic rings. The molecule has 0 unspecified atom stereocenters. The number of amides is 1. The molecular weight excluding hydrogens is 400 g/mol. The Morgan fingerprint density at radius 3 is 2.70 bits per heavy atom. The molecule has 1 N–H and O–H groups in total. The average Bonchev–Trinajstić information content (AvgIpc) is 3.44. The lowest BCUT2D eigenvalue weighted by Crippen LogP contribution is -2.43. The molecule has 156 valence electrons. The number of tetrazole rings is 1. The molecule has 2 atom stereocenters. The summed E-state index contributed by atoms with van der Waals surface area (Å²) >= 11 is 6.23. The van der Waals surface area contributed by atoms with Crippen LogP contribution in [0.1, 0.15) is 30.0 Å². The van der Waals surface area contributed by atoms with Gasteiger partial charge in [-0.15, -0.1) is 5.10 Å². The zero-order valence-corrected chi connectivity index (χ0v) is 17.4. The standard InChI is InChI=1S/C22H25ClN6O/c23-20-11-5-4-10-18(20)14-24-22(30)21-13-19(29-16-25-26-27-29)15-28(21)12-6-9-17-7-2-1-3-8-17/h1-5,7-8,10-11,16,19,21H,6,9,12-15H2,(H,24,30)/t19-,21+/m1/s1. The molecule has 0 spiro atoms. The fourth-order valence-corrected chi connectivity index (χ4v) is 4.20. The topological polar surface area (TPSA) is 75.9 Å². The Kier molecular flexibility index (Phi) is 6.71. The van der Waals surface area contributed by atoms with Crippen molar-refractivity contribution in [1.29, 1.82) is 0 Å². The summed E-state index contributed by atoms with van der Waals surface area (Å²) in [5, 5.41) is 15.3. The second-order valence-corrected chi connectivity index (χ2v) is 8.00. The summed E-state index contributed by atoms with van der Waals surface area (Å²) in [4.78, 5) is 15.3. The second kappa shape index (κ2) is 9.82. The van der Waals surface area contributed by atoms with Crippen LogP contribution in [0.2, 0.25) is 5.02 Å². The van der Waals surface area contributed by atoms with Crippen LogP contribution in [0, 0.1) is 0 Å². The fraction of sp³-hybridized carbons (Fsp3) is 0.364. The molecule has 1 aromatic heterocycles. The van der Waals surface area contributed by atoms with Gasteiger partial charge in [-0.25, -0.2) is 4.68 Å². The first kappa shape index (κ1) is 20.5. The smallest absolute Gasteiger partial charge is 0.237 e. The number of aryl methyl sites for hydroxylation is 1. The Balaban J connectivity index is 1.39. The highest BCUT2D eigenvalue weighted by Crippen LogP contribution is 2.27. The lowest BCUT2D eigenvalue weighted by molar-refractivity contribution is -0.125. The molecule has 30 heavy (non-hydrogen) atoms. The maximum atomic E-state index is 13.0. The van der Waals surface area contributed by atoms with Gasteiger partial charge in [-0.3, -0.25) is 9.69 Å². The van der Waals surface area contributed by atoms with Crippen LogP contribution >= 0.6 is 11.6 Å². The third-order valence-corrected chi connectivity index (χ3v) is 5.96. The summed E-state index contributed by atoms with van der Waals surface area (Å²) in [7, 11) is 0. The molecule has 0 aliphatic carbocycles. The number of nitrogens with zero attached hydrogens (tertiary/aromatic N) is 5. The number of likely N-dealkylation sites (tertiary alicyclic amines) is 1. The first-order chi connectivity index (χ1) is 14.7. The first-order valence-electron chi connectivity index (χ1n) is 10.2. The van der Waals surface area contributed by atoms with Crippen molar-refractivity contribution in [3.8, 4) is 0 Å². The number of rotatable bonds is 8. The number of nitrogens with one attached hydrogen (secondary N) is 1. The molecule has 1 aliphatic heterocycles. The predicted octanol–water partition coefficient (Wildman–Crippen LogP) is 2.89. The molecule has 1 saturated heterocycles. The van der Waals surface area contributed by atoms with Crippen molar-refractivity contribution in [2.45, 2.75) is 37.9 Å². The zero-order chi connectivity index (χ0) is 20.8. The van der Waals surface area contributed by atoms with Gasteiger partial charge in [0.05, 0.1) is 12.1 Å². The number of carbonyl (C=O) groups is 1. The molecule has 8 heteroatoms. The molecule has 2 aromatic carbocycles. The van der Waals surface area contributed by atoms with E-state index in [4.69, 9.17) is 11.6 Å². The maximum absolute atomic E-state index is 13.0. The van der Waals surface area contributed by atoms with Crippen LogP contribution in [0.15, 0.2) is 60.9 Å². The Labute approximate surface area is 181 Å². The first-order valence-corrected chi connectivity index (χ1v) is 10.6. The maximum Gasteiger partial charge on any atom is 0.237 e. The number of halogens is 1. The van der Waals surface area contributed by atoms with Crippen molar-refractivity contribution < 1.29 is 4.79 Å². The molecule has 0 radical (unpaired) electrons. The summed E-state index contributed by atoms with van der Waals surface area (Å²) in [5.74, 6) is 0.0187. The molecule has 1 amide bonds. The van der Waals surface area contributed by atoms with Gasteiger partial charge in [-0.05, 0) is 53.4 Å². The Bertz CT molecular complexity index is 949. The third kappa shape index (κ3) is 5.04. The number of carbonyl (C=O) groups excluding carboxylic acids is 1. The molecule has 3 aromatic rings. The van der Waals surface area contributed by atoms with E-state index in [2.05, 4.69) is 50.0 Å². The molecule has 4 rings (SSSR count). The minimum atomic E-state index is -0.211. The van der Waals surface area contributed by atoms with Gasteiger partial charge < -0.3 is 5.32 Å². The van der Waals surface area contributed by atoms with Crippen LogP contribution < -0.4 is 5.32 Å². The highest BCUT2D eigenvalue weighted by atomic mass is 35.5. The molecule has 1 fully saturated rings. The minimum absolute atomic E-state index is 0.0187. The number of benzene rings is 2. The van der Waals surface area contributed by atoms with E-state index in [1.165, 1.54) is 5.56 Å². The van der Waals surface area contributed by atoms with Gasteiger partial charge in [0.1, 0.15) is 6.33 Å². The van der Waals surface area contributed by atoms with Crippen LogP contribution in [0.25, 0.3) is 0 Å². The van der Waals surface area contributed by atoms with Gasteiger partial charge in [0.2, 0.25) is 5.91 Å². The fourth-order valence-electron chi connectivity index (χ4n) is 4.00. The lowest BCUT2D eigenvalue weighted by Gasteiger charge is -2.23. The number of hydrogen-bond acceptors (Lipinski definition) is 5. The number of hydrogen-bond donors (Lipinski definition) is 1. The van der Waals surface area contributed by atoms with Crippen LogP contribution in [-0.4, -0.2) is 50.1 Å². The summed E-state index contributed by atoms with van der Waals surface area (Å²) in [6.45, 7) is 2.02. The number of aromatic nitrogens is 4. The molecule has 2 heterocycles. The average molecular weight is 425 g/mol. The van der Waals surface area contributed by atoms with E-state index in [0.717, 1.165) is 31.5 Å². The van der Waals surface area contributed by atoms with Gasteiger partial charge in [-0.1, -0.05) is 60.1 Å². The molecular formula is C22H25ClN6O. The Morgan fingerprint density at radius 1 is 1.13 bits per heavy atom. The summed E-state index contributed by atoms with van der Waals surface area (Å²) in [6, 6.07) is 17.9. The highest BCUT2D eigenvalue weighted by molar-refractivity contribution is 6.31. The van der Waals surface area contributed by atoms with E-state index in [1.807, 2.05) is 30.3 Å². The van der Waals surface area contributed by atoms with Gasteiger partial charge in [-0.2, -0.15) is 0 Å². The van der Waals surface area contributed by atoms with Gasteiger partial charge in [0, 0.05) is 18.1 Å². The van der Waals surface area contributed by atoms with Gasteiger partial charge >= 0.3 is 0 Å². The minimum Gasteiger partial charge on any atom is -0.351 e. The van der Waals surface area contributed by atoms with Crippen LogP contribution in [-0.2, 0) is 17.8 Å². The van der Waals surface area contributed by atoms with E-state index in [1.54, 1.807) is 11.0 Å². The monoisotopic (exact) mass is 424 g/mol. The second-order valence-electron chi connectivity index (χ2n) is 7.59. The van der Waals surface area contributed by atoms with Crippen molar-refractivity contribution in [3.63, 3.8) is 0 Å². The lowest BCUT2D eigenvalue weighted by atomic mass is 10.1. The summed E-state index contributed by atoms with van der Waals surface area (Å²) in [6.07, 6.45) is 4.28. The largest absolute Gasteiger partial charge is 0.351 e. The molecule has 0 bridgehead atoms. The third-order valence-electron chi connectivity index (χ3n) is 5.59. The van der Waals surface area contributed by atoms with E-state index in [0.29, 0.717) is 18.0 Å². The van der Waals surface area contributed by atoms with Gasteiger partial charge in [0.15, 0.2) is 0 Å². The van der Waals surface area contributed by atoms with Gasteiger partial charge in [0.25, 0.3) is 0 Å². The van der Waals surface area contributed by atoms with E-state index in [-0.39, 0.29) is 18.0 Å². The van der Waals surface area contributed by atoms with Crippen molar-refractivity contribution in [2.24, 2.45) is 0 Å². The summed E-state index contributed by atoms with van der Waals surface area (Å²) in [5.41, 5.74) is 2.23. The van der Waals surface area contributed by atoms with Crippen molar-refractivity contribution in [2.75, 3.05) is 13.1 Å². The van der Waals surface area contributed by atoms with Crippen molar-refractivity contribution >= 4 is 17.5 Å². The SMILES string of the molecule is O=C(NCc1ccccc1Cl)[C@@H]1C[C@@H](n2cnnn2)CN1CCCc1ccccc1. The van der Waals surface area contributed by atoms with E-state index >= 15 is 0 Å². The molecule has 7 nitrogen and oxygen atoms in total. The predicted molar refractivity (Wildman–Crippen MR) is 115 cm³/mol. The quantitative estimate of drug-likeness (QED) is 0.601. The molecule has 0 saturated carbocycles. The summed E-state index contributed by atoms with van der Waals surface area (Å²) < 4.78 is 1.76. The Hall–Kier alpha value is -2.77. The Morgan fingerprint density at radius 2 is 1.93 bits per heavy atom. The zero-order valence-electron chi connectivity index (χ0n) is 16.7. The van der Waals surface area contributed by atoms with Crippen LogP contribution in [0.4, 0.5) is 0 Å². The van der Waals surface area contributed by atoms with E-state index < -0.39 is 0 Å².